The van der Waals surface area contributed by atoms with E-state index in [9.17, 15) is 9.90 Å². The van der Waals surface area contributed by atoms with Crippen molar-refractivity contribution in [3.63, 3.8) is 0 Å². The molecular weight excluding hydrogens is 228 g/mol. The van der Waals surface area contributed by atoms with Gasteiger partial charge >= 0.3 is 0 Å². The van der Waals surface area contributed by atoms with Crippen molar-refractivity contribution in [2.75, 3.05) is 6.54 Å². The summed E-state index contributed by atoms with van der Waals surface area (Å²) >= 11 is 0. The zero-order valence-electron chi connectivity index (χ0n) is 10.8. The highest BCUT2D eigenvalue weighted by Crippen LogP contribution is 2.34. The van der Waals surface area contributed by atoms with Crippen molar-refractivity contribution in [3.8, 4) is 5.75 Å². The molecule has 1 aliphatic rings. The second kappa shape index (κ2) is 5.38. The molecule has 0 bridgehead atoms. The molecule has 0 aromatic carbocycles. The summed E-state index contributed by atoms with van der Waals surface area (Å²) in [6.07, 6.45) is 8.94. The van der Waals surface area contributed by atoms with Crippen molar-refractivity contribution in [2.24, 2.45) is 5.41 Å². The third-order valence-electron chi connectivity index (χ3n) is 3.72. The smallest absolute Gasteiger partial charge is 0.253 e. The van der Waals surface area contributed by atoms with Crippen LogP contribution in [0.2, 0.25) is 0 Å². The molecule has 0 aliphatic heterocycles. The average Bonchev–Trinajstić information content (AvgIpc) is 2.37. The first-order valence-electron chi connectivity index (χ1n) is 6.51. The van der Waals surface area contributed by atoms with Crippen LogP contribution in [0, 0.1) is 5.41 Å². The molecule has 0 atom stereocenters. The quantitative estimate of drug-likeness (QED) is 0.863. The molecule has 2 rings (SSSR count). The van der Waals surface area contributed by atoms with Gasteiger partial charge in [-0.2, -0.15) is 0 Å². The molecule has 18 heavy (non-hydrogen) atoms. The number of rotatable bonds is 3. The summed E-state index contributed by atoms with van der Waals surface area (Å²) in [4.78, 5) is 15.7. The summed E-state index contributed by atoms with van der Waals surface area (Å²) in [5, 5.41) is 12.2. The highest BCUT2D eigenvalue weighted by molar-refractivity contribution is 5.94. The van der Waals surface area contributed by atoms with Gasteiger partial charge in [-0.05, 0) is 24.3 Å². The molecule has 0 spiro atoms. The number of nitrogens with zero attached hydrogens (tertiary/aromatic N) is 1. The standard InChI is InChI=1S/C14H20N2O2/c1-14(5-3-2-4-6-14)10-16-13(18)11-7-12(17)9-15-8-11/h7-9,17H,2-6,10H2,1H3,(H,16,18). The van der Waals surface area contributed by atoms with E-state index < -0.39 is 0 Å². The first kappa shape index (κ1) is 12.9. The van der Waals surface area contributed by atoms with Crippen LogP contribution in [-0.4, -0.2) is 22.5 Å². The van der Waals surface area contributed by atoms with E-state index in [0.29, 0.717) is 12.1 Å². The molecule has 1 fully saturated rings. The van der Waals surface area contributed by atoms with Gasteiger partial charge in [0, 0.05) is 12.7 Å². The maximum Gasteiger partial charge on any atom is 0.253 e. The maximum absolute atomic E-state index is 11.9. The van der Waals surface area contributed by atoms with Gasteiger partial charge in [0.25, 0.3) is 5.91 Å². The van der Waals surface area contributed by atoms with E-state index in [-0.39, 0.29) is 17.1 Å². The van der Waals surface area contributed by atoms with Crippen molar-refractivity contribution < 1.29 is 9.90 Å². The van der Waals surface area contributed by atoms with Gasteiger partial charge < -0.3 is 10.4 Å². The topological polar surface area (TPSA) is 62.2 Å². The molecule has 4 nitrogen and oxygen atoms in total. The molecule has 1 aromatic rings. The Labute approximate surface area is 107 Å². The van der Waals surface area contributed by atoms with Crippen LogP contribution in [0.25, 0.3) is 0 Å². The highest BCUT2D eigenvalue weighted by atomic mass is 16.3. The first-order valence-corrected chi connectivity index (χ1v) is 6.51. The third kappa shape index (κ3) is 3.22. The Bertz CT molecular complexity index is 426. The SMILES string of the molecule is CC1(CNC(=O)c2cncc(O)c2)CCCCC1. The maximum atomic E-state index is 11.9. The van der Waals surface area contributed by atoms with Crippen LogP contribution in [0.15, 0.2) is 18.5 Å². The summed E-state index contributed by atoms with van der Waals surface area (Å²) in [6.45, 7) is 2.93. The lowest BCUT2D eigenvalue weighted by Crippen LogP contribution is -2.37. The molecule has 0 saturated heterocycles. The monoisotopic (exact) mass is 248 g/mol. The van der Waals surface area contributed by atoms with Gasteiger partial charge in [-0.15, -0.1) is 0 Å². The minimum atomic E-state index is -0.162. The summed E-state index contributed by atoms with van der Waals surface area (Å²) in [7, 11) is 0. The van der Waals surface area contributed by atoms with Crippen LogP contribution < -0.4 is 5.32 Å². The number of aromatic hydroxyl groups is 1. The van der Waals surface area contributed by atoms with Crippen LogP contribution in [0.5, 0.6) is 5.75 Å². The van der Waals surface area contributed by atoms with E-state index in [1.54, 1.807) is 0 Å². The van der Waals surface area contributed by atoms with Crippen molar-refractivity contribution in [1.29, 1.82) is 0 Å². The van der Waals surface area contributed by atoms with Gasteiger partial charge in [0.2, 0.25) is 0 Å². The van der Waals surface area contributed by atoms with Crippen molar-refractivity contribution in [2.45, 2.75) is 39.0 Å². The van der Waals surface area contributed by atoms with Crippen molar-refractivity contribution in [3.05, 3.63) is 24.0 Å². The predicted molar refractivity (Wildman–Crippen MR) is 69.4 cm³/mol. The summed E-state index contributed by atoms with van der Waals surface area (Å²) < 4.78 is 0. The fraction of sp³-hybridized carbons (Fsp3) is 0.571. The van der Waals surface area contributed by atoms with Crippen LogP contribution in [0.4, 0.5) is 0 Å². The summed E-state index contributed by atoms with van der Waals surface area (Å²) in [5.41, 5.74) is 0.632. The second-order valence-electron chi connectivity index (χ2n) is 5.49. The van der Waals surface area contributed by atoms with E-state index in [1.807, 2.05) is 0 Å². The molecule has 1 aliphatic carbocycles. The van der Waals surface area contributed by atoms with Crippen LogP contribution in [-0.2, 0) is 0 Å². The fourth-order valence-electron chi connectivity index (χ4n) is 2.53. The minimum absolute atomic E-state index is 0.0199. The first-order chi connectivity index (χ1) is 8.59. The van der Waals surface area contributed by atoms with Gasteiger partial charge in [0.1, 0.15) is 5.75 Å². The number of aromatic nitrogens is 1. The lowest BCUT2D eigenvalue weighted by Gasteiger charge is -2.33. The fourth-order valence-corrected chi connectivity index (χ4v) is 2.53. The Morgan fingerprint density at radius 3 is 2.78 bits per heavy atom. The molecule has 0 radical (unpaired) electrons. The van der Waals surface area contributed by atoms with Crippen molar-refractivity contribution >= 4 is 5.91 Å². The molecule has 0 unspecified atom stereocenters. The number of hydrogen-bond acceptors (Lipinski definition) is 3. The second-order valence-corrected chi connectivity index (χ2v) is 5.49. The molecule has 1 heterocycles. The molecule has 2 N–H and O–H groups in total. The van der Waals surface area contributed by atoms with Gasteiger partial charge in [0.05, 0.1) is 11.8 Å². The van der Waals surface area contributed by atoms with Gasteiger partial charge in [-0.25, -0.2) is 0 Å². The number of amides is 1. The highest BCUT2D eigenvalue weighted by Gasteiger charge is 2.27. The van der Waals surface area contributed by atoms with E-state index in [0.717, 1.165) is 0 Å². The molecule has 1 amide bonds. The summed E-state index contributed by atoms with van der Waals surface area (Å²) in [5.74, 6) is -0.142. The number of nitrogens with one attached hydrogen (secondary N) is 1. The van der Waals surface area contributed by atoms with E-state index >= 15 is 0 Å². The van der Waals surface area contributed by atoms with Crippen molar-refractivity contribution in [1.82, 2.24) is 10.3 Å². The molecule has 4 heteroatoms. The van der Waals surface area contributed by atoms with Gasteiger partial charge in [0.15, 0.2) is 0 Å². The molecule has 1 saturated carbocycles. The number of carbonyl (C=O) groups excluding carboxylic acids is 1. The Kier molecular flexibility index (Phi) is 3.84. The molecule has 98 valence electrons. The van der Waals surface area contributed by atoms with Gasteiger partial charge in [-0.3, -0.25) is 9.78 Å². The van der Waals surface area contributed by atoms with Crippen LogP contribution in [0.1, 0.15) is 49.4 Å². The van der Waals surface area contributed by atoms with Crippen LogP contribution >= 0.6 is 0 Å². The van der Waals surface area contributed by atoms with Crippen LogP contribution in [0.3, 0.4) is 0 Å². The largest absolute Gasteiger partial charge is 0.506 e. The predicted octanol–water partition coefficient (Wildman–Crippen LogP) is 2.49. The zero-order valence-corrected chi connectivity index (χ0v) is 10.8. The normalized spacial score (nSPS) is 18.3. The minimum Gasteiger partial charge on any atom is -0.506 e. The number of pyridine rings is 1. The Morgan fingerprint density at radius 1 is 1.39 bits per heavy atom. The van der Waals surface area contributed by atoms with E-state index in [2.05, 4.69) is 17.2 Å². The Morgan fingerprint density at radius 2 is 2.11 bits per heavy atom. The lowest BCUT2D eigenvalue weighted by atomic mass is 9.76. The Hall–Kier alpha value is -1.58. The summed E-state index contributed by atoms with van der Waals surface area (Å²) in [6, 6.07) is 1.44. The Balaban J connectivity index is 1.92. The third-order valence-corrected chi connectivity index (χ3v) is 3.72. The number of carbonyl (C=O) groups is 1. The van der Waals surface area contributed by atoms with E-state index in [1.165, 1.54) is 50.6 Å². The average molecular weight is 248 g/mol. The number of hydrogen-bond donors (Lipinski definition) is 2. The lowest BCUT2D eigenvalue weighted by molar-refractivity contribution is 0.0918. The molecule has 1 aromatic heterocycles. The van der Waals surface area contributed by atoms with Gasteiger partial charge in [-0.1, -0.05) is 26.2 Å². The zero-order chi connectivity index (χ0) is 13.0. The van der Waals surface area contributed by atoms with E-state index in [4.69, 9.17) is 0 Å². The molecular formula is C14H20N2O2.